The standard InChI is InChI=1S/C23H23ClN10/c1-14-27-19-11-16(3-5-20(19)33(14)2)29-23-26-13-18(24)22(30-23)28-15-7-9-34(10-8-15)21-6-4-17(12-25)31-32-21/h3-6,11,13,15H,7-10H2,1-2H3,(H2,26,28,29,30). The van der Waals surface area contributed by atoms with E-state index in [0.717, 1.165) is 54.3 Å². The lowest BCUT2D eigenvalue weighted by Crippen LogP contribution is -2.39. The van der Waals surface area contributed by atoms with Crippen molar-refractivity contribution >= 4 is 45.9 Å². The lowest BCUT2D eigenvalue weighted by atomic mass is 10.1. The van der Waals surface area contributed by atoms with Gasteiger partial charge in [-0.1, -0.05) is 11.6 Å². The van der Waals surface area contributed by atoms with Crippen LogP contribution in [0.25, 0.3) is 11.0 Å². The van der Waals surface area contributed by atoms with E-state index in [1.807, 2.05) is 44.3 Å². The van der Waals surface area contributed by atoms with Crippen LogP contribution in [0.1, 0.15) is 24.4 Å². The van der Waals surface area contributed by atoms with Gasteiger partial charge in [0.1, 0.15) is 16.9 Å². The van der Waals surface area contributed by atoms with Gasteiger partial charge >= 0.3 is 0 Å². The third kappa shape index (κ3) is 4.43. The number of halogens is 1. The minimum Gasteiger partial charge on any atom is -0.366 e. The first-order valence-corrected chi connectivity index (χ1v) is 11.4. The molecule has 172 valence electrons. The van der Waals surface area contributed by atoms with Gasteiger partial charge < -0.3 is 20.1 Å². The molecule has 11 heteroatoms. The number of hydrogen-bond donors (Lipinski definition) is 2. The lowest BCUT2D eigenvalue weighted by Gasteiger charge is -2.33. The van der Waals surface area contributed by atoms with E-state index in [0.29, 0.717) is 22.5 Å². The molecule has 10 nitrogen and oxygen atoms in total. The molecule has 0 radical (unpaired) electrons. The molecular formula is C23H23ClN10. The number of piperidine rings is 1. The molecule has 0 aliphatic carbocycles. The Bertz CT molecular complexity index is 1370. The summed E-state index contributed by atoms with van der Waals surface area (Å²) in [4.78, 5) is 15.7. The summed E-state index contributed by atoms with van der Waals surface area (Å²) < 4.78 is 2.05. The van der Waals surface area contributed by atoms with Crippen LogP contribution >= 0.6 is 11.6 Å². The van der Waals surface area contributed by atoms with Crippen molar-refractivity contribution in [1.82, 2.24) is 29.7 Å². The monoisotopic (exact) mass is 474 g/mol. The van der Waals surface area contributed by atoms with Crippen LogP contribution in [0, 0.1) is 18.3 Å². The van der Waals surface area contributed by atoms with E-state index in [1.54, 1.807) is 12.3 Å². The van der Waals surface area contributed by atoms with Crippen LogP contribution in [0.5, 0.6) is 0 Å². The van der Waals surface area contributed by atoms with E-state index in [9.17, 15) is 0 Å². The fourth-order valence-electron chi connectivity index (χ4n) is 4.06. The summed E-state index contributed by atoms with van der Waals surface area (Å²) in [7, 11) is 2.00. The zero-order valence-corrected chi connectivity index (χ0v) is 19.6. The Morgan fingerprint density at radius 2 is 1.94 bits per heavy atom. The predicted octanol–water partition coefficient (Wildman–Crippen LogP) is 3.81. The van der Waals surface area contributed by atoms with Crippen LogP contribution in [-0.4, -0.2) is 48.8 Å². The SMILES string of the molecule is Cc1nc2cc(Nc3ncc(Cl)c(NC4CCN(c5ccc(C#N)nn5)CC4)n3)ccc2n1C. The van der Waals surface area contributed by atoms with Gasteiger partial charge in [-0.15, -0.1) is 10.2 Å². The van der Waals surface area contributed by atoms with Gasteiger partial charge in [0.15, 0.2) is 17.3 Å². The predicted molar refractivity (Wildman–Crippen MR) is 131 cm³/mol. The van der Waals surface area contributed by atoms with Crippen molar-refractivity contribution < 1.29 is 0 Å². The second-order valence-corrected chi connectivity index (χ2v) is 8.64. The molecule has 4 heterocycles. The number of hydrogen-bond acceptors (Lipinski definition) is 9. The zero-order valence-electron chi connectivity index (χ0n) is 18.8. The number of fused-ring (bicyclic) bond motifs is 1. The van der Waals surface area contributed by atoms with Crippen LogP contribution in [0.4, 0.5) is 23.3 Å². The summed E-state index contributed by atoms with van der Waals surface area (Å²) in [5.74, 6) is 2.80. The minimum absolute atomic E-state index is 0.218. The van der Waals surface area contributed by atoms with Crippen molar-refractivity contribution in [3.63, 3.8) is 0 Å². The largest absolute Gasteiger partial charge is 0.366 e. The second-order valence-electron chi connectivity index (χ2n) is 8.23. The van der Waals surface area contributed by atoms with Crippen LogP contribution in [0.15, 0.2) is 36.5 Å². The van der Waals surface area contributed by atoms with E-state index < -0.39 is 0 Å². The normalized spacial score (nSPS) is 14.2. The first-order chi connectivity index (χ1) is 16.5. The molecule has 4 aromatic rings. The van der Waals surface area contributed by atoms with Crippen LogP contribution < -0.4 is 15.5 Å². The summed E-state index contributed by atoms with van der Waals surface area (Å²) in [5.41, 5.74) is 3.16. The third-order valence-electron chi connectivity index (χ3n) is 6.03. The van der Waals surface area contributed by atoms with Gasteiger partial charge in [-0.25, -0.2) is 9.97 Å². The molecular weight excluding hydrogens is 452 g/mol. The van der Waals surface area contributed by atoms with Gasteiger partial charge in [0.25, 0.3) is 0 Å². The molecule has 0 unspecified atom stereocenters. The smallest absolute Gasteiger partial charge is 0.229 e. The molecule has 1 aliphatic rings. The Morgan fingerprint density at radius 1 is 1.12 bits per heavy atom. The average Bonchev–Trinajstić information content (AvgIpc) is 3.14. The number of benzene rings is 1. The fraction of sp³-hybridized carbons (Fsp3) is 0.304. The maximum atomic E-state index is 8.89. The number of nitrogens with one attached hydrogen (secondary N) is 2. The van der Waals surface area contributed by atoms with Crippen molar-refractivity contribution in [2.24, 2.45) is 7.05 Å². The highest BCUT2D eigenvalue weighted by Gasteiger charge is 2.22. The number of aryl methyl sites for hydroxylation is 2. The van der Waals surface area contributed by atoms with Crippen molar-refractivity contribution in [2.45, 2.75) is 25.8 Å². The van der Waals surface area contributed by atoms with Gasteiger partial charge in [0.2, 0.25) is 5.95 Å². The number of aromatic nitrogens is 6. The van der Waals surface area contributed by atoms with Crippen LogP contribution in [0.2, 0.25) is 5.02 Å². The van der Waals surface area contributed by atoms with E-state index in [1.165, 1.54) is 0 Å². The molecule has 1 fully saturated rings. The Hall–Kier alpha value is -3.97. The topological polar surface area (TPSA) is 120 Å². The van der Waals surface area contributed by atoms with Crippen molar-refractivity contribution in [1.29, 1.82) is 5.26 Å². The van der Waals surface area contributed by atoms with Crippen LogP contribution in [0.3, 0.4) is 0 Å². The summed E-state index contributed by atoms with van der Waals surface area (Å²) >= 11 is 6.39. The first kappa shape index (κ1) is 21.9. The van der Waals surface area contributed by atoms with E-state index >= 15 is 0 Å². The summed E-state index contributed by atoms with van der Waals surface area (Å²) in [6, 6.07) is 11.7. The van der Waals surface area contributed by atoms with E-state index in [2.05, 4.69) is 45.2 Å². The summed E-state index contributed by atoms with van der Waals surface area (Å²) in [5, 5.41) is 24.1. The fourth-order valence-corrected chi connectivity index (χ4v) is 4.20. The zero-order chi connectivity index (χ0) is 23.7. The Labute approximate surface area is 201 Å². The number of imidazole rings is 1. The molecule has 0 spiro atoms. The molecule has 0 atom stereocenters. The molecule has 1 saturated heterocycles. The molecule has 1 aromatic carbocycles. The lowest BCUT2D eigenvalue weighted by molar-refractivity contribution is 0.521. The van der Waals surface area contributed by atoms with Gasteiger partial charge in [0, 0.05) is 31.9 Å². The highest BCUT2D eigenvalue weighted by atomic mass is 35.5. The van der Waals surface area contributed by atoms with E-state index in [4.69, 9.17) is 16.9 Å². The highest BCUT2D eigenvalue weighted by Crippen LogP contribution is 2.26. The first-order valence-electron chi connectivity index (χ1n) is 11.0. The van der Waals surface area contributed by atoms with Gasteiger partial charge in [0.05, 0.1) is 17.2 Å². The number of nitrogens with zero attached hydrogens (tertiary/aromatic N) is 8. The number of rotatable bonds is 5. The van der Waals surface area contributed by atoms with Crippen molar-refractivity contribution in [2.75, 3.05) is 28.6 Å². The Morgan fingerprint density at radius 3 is 2.68 bits per heavy atom. The third-order valence-corrected chi connectivity index (χ3v) is 6.31. The maximum absolute atomic E-state index is 8.89. The molecule has 0 bridgehead atoms. The summed E-state index contributed by atoms with van der Waals surface area (Å²) in [6.45, 7) is 3.61. The van der Waals surface area contributed by atoms with Gasteiger partial charge in [-0.05, 0) is 50.1 Å². The molecule has 0 saturated carbocycles. The Balaban J connectivity index is 1.24. The minimum atomic E-state index is 0.218. The second kappa shape index (κ2) is 9.11. The van der Waals surface area contributed by atoms with Gasteiger partial charge in [-0.2, -0.15) is 10.2 Å². The molecule has 2 N–H and O–H groups in total. The van der Waals surface area contributed by atoms with Crippen molar-refractivity contribution in [3.8, 4) is 6.07 Å². The van der Waals surface area contributed by atoms with Gasteiger partial charge in [-0.3, -0.25) is 0 Å². The van der Waals surface area contributed by atoms with E-state index in [-0.39, 0.29) is 6.04 Å². The Kier molecular flexibility index (Phi) is 5.86. The van der Waals surface area contributed by atoms with Crippen LogP contribution in [-0.2, 0) is 7.05 Å². The number of anilines is 4. The maximum Gasteiger partial charge on any atom is 0.229 e. The number of nitriles is 1. The molecule has 34 heavy (non-hydrogen) atoms. The quantitative estimate of drug-likeness (QED) is 0.444. The highest BCUT2D eigenvalue weighted by molar-refractivity contribution is 6.32. The molecule has 5 rings (SSSR count). The molecule has 3 aromatic heterocycles. The van der Waals surface area contributed by atoms with Crippen molar-refractivity contribution in [3.05, 3.63) is 53.1 Å². The average molecular weight is 475 g/mol. The molecule has 0 amide bonds. The molecule has 1 aliphatic heterocycles. The summed E-state index contributed by atoms with van der Waals surface area (Å²) in [6.07, 6.45) is 3.38.